The summed E-state index contributed by atoms with van der Waals surface area (Å²) < 4.78 is 10.1. The van der Waals surface area contributed by atoms with Crippen LogP contribution in [0.15, 0.2) is 53.4 Å². The van der Waals surface area contributed by atoms with Gasteiger partial charge in [-0.15, -0.1) is 11.8 Å². The molecular formula is C19H19NO5S. The molecule has 0 spiro atoms. The average molecular weight is 373 g/mol. The highest BCUT2D eigenvalue weighted by Gasteiger charge is 2.15. The zero-order valence-electron chi connectivity index (χ0n) is 14.5. The molecule has 0 aliphatic heterocycles. The van der Waals surface area contributed by atoms with Crippen LogP contribution in [-0.2, 0) is 14.3 Å². The van der Waals surface area contributed by atoms with E-state index in [-0.39, 0.29) is 11.5 Å². The molecule has 136 valence electrons. The zero-order chi connectivity index (χ0) is 18.9. The summed E-state index contributed by atoms with van der Waals surface area (Å²) in [7, 11) is 1.56. The number of anilines is 1. The number of thioether (sulfide) groups is 1. The van der Waals surface area contributed by atoms with E-state index in [2.05, 4.69) is 5.32 Å². The predicted molar refractivity (Wildman–Crippen MR) is 99.8 cm³/mol. The minimum atomic E-state index is -0.610. The van der Waals surface area contributed by atoms with Crippen molar-refractivity contribution in [2.24, 2.45) is 0 Å². The van der Waals surface area contributed by atoms with E-state index >= 15 is 0 Å². The van der Waals surface area contributed by atoms with Crippen molar-refractivity contribution in [3.05, 3.63) is 54.1 Å². The smallest absolute Gasteiger partial charge is 0.339 e. The van der Waals surface area contributed by atoms with Gasteiger partial charge in [0.05, 0.1) is 18.4 Å². The fourth-order valence-corrected chi connectivity index (χ4v) is 2.86. The summed E-state index contributed by atoms with van der Waals surface area (Å²) in [4.78, 5) is 35.9. The molecule has 0 aliphatic rings. The molecule has 1 N–H and O–H groups in total. The van der Waals surface area contributed by atoms with Crippen molar-refractivity contribution in [3.8, 4) is 5.75 Å². The molecule has 0 aromatic heterocycles. The number of nitrogens with one attached hydrogen (secondary N) is 1. The van der Waals surface area contributed by atoms with E-state index in [0.29, 0.717) is 21.9 Å². The van der Waals surface area contributed by atoms with Gasteiger partial charge in [-0.25, -0.2) is 4.79 Å². The van der Waals surface area contributed by atoms with Gasteiger partial charge < -0.3 is 14.8 Å². The lowest BCUT2D eigenvalue weighted by Crippen LogP contribution is -2.21. The van der Waals surface area contributed by atoms with Crippen LogP contribution >= 0.6 is 11.8 Å². The van der Waals surface area contributed by atoms with Crippen LogP contribution < -0.4 is 10.1 Å². The molecule has 0 bridgehead atoms. The fraction of sp³-hybridized carbons (Fsp3) is 0.211. The van der Waals surface area contributed by atoms with Gasteiger partial charge >= 0.3 is 5.97 Å². The van der Waals surface area contributed by atoms with Gasteiger partial charge in [-0.05, 0) is 43.3 Å². The standard InChI is InChI=1S/C19H19NO5S/c1-13(21)12-26-17-6-4-3-5-16(17)19(23)25-11-18(22)20-14-7-9-15(24-2)10-8-14/h3-10H,11-12H2,1-2H3,(H,20,22). The number of carbonyl (C=O) groups excluding carboxylic acids is 3. The first-order chi connectivity index (χ1) is 12.5. The van der Waals surface area contributed by atoms with Gasteiger partial charge in [0, 0.05) is 10.6 Å². The molecule has 0 saturated carbocycles. The van der Waals surface area contributed by atoms with Crippen LogP contribution in [0.25, 0.3) is 0 Å². The molecule has 7 heteroatoms. The first-order valence-electron chi connectivity index (χ1n) is 7.82. The Morgan fingerprint density at radius 3 is 2.38 bits per heavy atom. The summed E-state index contributed by atoms with van der Waals surface area (Å²) in [6.07, 6.45) is 0. The number of Topliss-reactive ketones (excluding diaryl/α,β-unsaturated/α-hetero) is 1. The number of ketones is 1. The topological polar surface area (TPSA) is 81.7 Å². The van der Waals surface area contributed by atoms with Gasteiger partial charge in [0.25, 0.3) is 5.91 Å². The molecule has 2 rings (SSSR count). The Bertz CT molecular complexity index is 789. The van der Waals surface area contributed by atoms with E-state index < -0.39 is 18.5 Å². The highest BCUT2D eigenvalue weighted by atomic mass is 32.2. The van der Waals surface area contributed by atoms with Crippen molar-refractivity contribution >= 4 is 35.1 Å². The van der Waals surface area contributed by atoms with Crippen molar-refractivity contribution < 1.29 is 23.9 Å². The molecule has 0 atom stereocenters. The minimum absolute atomic E-state index is 0.0111. The van der Waals surface area contributed by atoms with Crippen LogP contribution in [0.1, 0.15) is 17.3 Å². The second kappa shape index (κ2) is 9.62. The summed E-state index contributed by atoms with van der Waals surface area (Å²) in [5.41, 5.74) is 0.903. The van der Waals surface area contributed by atoms with Gasteiger partial charge in [0.1, 0.15) is 11.5 Å². The number of esters is 1. The number of hydrogen-bond acceptors (Lipinski definition) is 6. The Labute approximate surface area is 155 Å². The van der Waals surface area contributed by atoms with Gasteiger partial charge in [0.15, 0.2) is 6.61 Å². The van der Waals surface area contributed by atoms with Crippen LogP contribution in [0.2, 0.25) is 0 Å². The second-order valence-electron chi connectivity index (χ2n) is 5.34. The molecule has 1 amide bonds. The fourth-order valence-electron chi connectivity index (χ4n) is 2.02. The maximum atomic E-state index is 12.2. The highest BCUT2D eigenvalue weighted by Crippen LogP contribution is 2.23. The molecule has 2 aromatic carbocycles. The van der Waals surface area contributed by atoms with Gasteiger partial charge in [0.2, 0.25) is 0 Å². The molecule has 0 saturated heterocycles. The molecular weight excluding hydrogens is 354 g/mol. The number of rotatable bonds is 8. The number of hydrogen-bond donors (Lipinski definition) is 1. The Hall–Kier alpha value is -2.80. The molecule has 6 nitrogen and oxygen atoms in total. The Morgan fingerprint density at radius 1 is 1.04 bits per heavy atom. The summed E-state index contributed by atoms with van der Waals surface area (Å²) in [5, 5.41) is 2.63. The Kier molecular flexibility index (Phi) is 7.23. The normalized spacial score (nSPS) is 10.1. The van der Waals surface area contributed by atoms with E-state index in [0.717, 1.165) is 0 Å². The molecule has 0 fully saturated rings. The third kappa shape index (κ3) is 5.93. The number of benzene rings is 2. The Balaban J connectivity index is 1.91. The number of ether oxygens (including phenoxy) is 2. The van der Waals surface area contributed by atoms with Crippen molar-refractivity contribution in [3.63, 3.8) is 0 Å². The first kappa shape index (κ1) is 19.5. The lowest BCUT2D eigenvalue weighted by atomic mass is 10.2. The van der Waals surface area contributed by atoms with Crippen molar-refractivity contribution in [1.29, 1.82) is 0 Å². The largest absolute Gasteiger partial charge is 0.497 e. The summed E-state index contributed by atoms with van der Waals surface area (Å²) in [6.45, 7) is 1.08. The lowest BCUT2D eigenvalue weighted by molar-refractivity contribution is -0.119. The van der Waals surface area contributed by atoms with Crippen LogP contribution in [-0.4, -0.2) is 37.1 Å². The number of carbonyl (C=O) groups is 3. The van der Waals surface area contributed by atoms with Crippen molar-refractivity contribution in [1.82, 2.24) is 0 Å². The van der Waals surface area contributed by atoms with Gasteiger partial charge in [-0.3, -0.25) is 9.59 Å². The minimum Gasteiger partial charge on any atom is -0.497 e. The summed E-state index contributed by atoms with van der Waals surface area (Å²) >= 11 is 1.26. The van der Waals surface area contributed by atoms with Gasteiger partial charge in [-0.1, -0.05) is 12.1 Å². The predicted octanol–water partition coefficient (Wildman–Crippen LogP) is 3.17. The van der Waals surface area contributed by atoms with Crippen LogP contribution in [0.4, 0.5) is 5.69 Å². The van der Waals surface area contributed by atoms with E-state index in [1.807, 2.05) is 0 Å². The lowest BCUT2D eigenvalue weighted by Gasteiger charge is -2.09. The summed E-state index contributed by atoms with van der Waals surface area (Å²) in [6, 6.07) is 13.6. The number of methoxy groups -OCH3 is 1. The van der Waals surface area contributed by atoms with Crippen LogP contribution in [0.3, 0.4) is 0 Å². The maximum Gasteiger partial charge on any atom is 0.339 e. The second-order valence-corrected chi connectivity index (χ2v) is 6.36. The van der Waals surface area contributed by atoms with Crippen molar-refractivity contribution in [2.45, 2.75) is 11.8 Å². The van der Waals surface area contributed by atoms with E-state index in [9.17, 15) is 14.4 Å². The molecule has 0 unspecified atom stereocenters. The Morgan fingerprint density at radius 2 is 1.73 bits per heavy atom. The highest BCUT2D eigenvalue weighted by molar-refractivity contribution is 8.00. The first-order valence-corrected chi connectivity index (χ1v) is 8.80. The molecule has 0 aliphatic carbocycles. The quantitative estimate of drug-likeness (QED) is 0.565. The van der Waals surface area contributed by atoms with Crippen LogP contribution in [0, 0.1) is 0 Å². The van der Waals surface area contributed by atoms with Gasteiger partial charge in [-0.2, -0.15) is 0 Å². The monoisotopic (exact) mass is 373 g/mol. The van der Waals surface area contributed by atoms with Crippen LogP contribution in [0.5, 0.6) is 5.75 Å². The molecule has 26 heavy (non-hydrogen) atoms. The maximum absolute atomic E-state index is 12.2. The molecule has 2 aromatic rings. The number of amides is 1. The third-order valence-electron chi connectivity index (χ3n) is 3.25. The van der Waals surface area contributed by atoms with E-state index in [1.54, 1.807) is 55.6 Å². The third-order valence-corrected chi connectivity index (χ3v) is 4.46. The van der Waals surface area contributed by atoms with Crippen molar-refractivity contribution in [2.75, 3.05) is 24.8 Å². The summed E-state index contributed by atoms with van der Waals surface area (Å²) in [5.74, 6) is -0.104. The van der Waals surface area contributed by atoms with E-state index in [1.165, 1.54) is 18.7 Å². The SMILES string of the molecule is COc1ccc(NC(=O)COC(=O)c2ccccc2SCC(C)=O)cc1. The molecule has 0 radical (unpaired) electrons. The zero-order valence-corrected chi connectivity index (χ0v) is 15.3. The van der Waals surface area contributed by atoms with E-state index in [4.69, 9.17) is 9.47 Å². The average Bonchev–Trinajstić information content (AvgIpc) is 2.65. The molecule has 0 heterocycles.